The molecule has 0 fully saturated rings. The Balaban J connectivity index is 3.42. The van der Waals surface area contributed by atoms with E-state index in [1.165, 1.54) is 6.07 Å². The maximum absolute atomic E-state index is 10.6. The Bertz CT molecular complexity index is 386. The Morgan fingerprint density at radius 2 is 2.38 bits per heavy atom. The van der Waals surface area contributed by atoms with Crippen molar-refractivity contribution < 1.29 is 9.90 Å². The van der Waals surface area contributed by atoms with E-state index in [9.17, 15) is 4.79 Å². The fourth-order valence-corrected chi connectivity index (χ4v) is 1.27. The van der Waals surface area contributed by atoms with E-state index in [2.05, 4.69) is 4.98 Å². The minimum Gasteiger partial charge on any atom is -0.478 e. The number of carboxylic acids is 1. The summed E-state index contributed by atoms with van der Waals surface area (Å²) in [5, 5.41) is 17.1. The summed E-state index contributed by atoms with van der Waals surface area (Å²) in [7, 11) is 0. The number of halogens is 1. The highest BCUT2D eigenvalue weighted by atomic mass is 35.5. The average molecular weight is 197 g/mol. The number of aryl methyl sites for hydroxylation is 1. The lowest BCUT2D eigenvalue weighted by Crippen LogP contribution is -2.03. The fraction of sp³-hybridized carbons (Fsp3) is 0.125. The smallest absolute Gasteiger partial charge is 0.339 e. The molecule has 0 atom stereocenters. The highest BCUT2D eigenvalue weighted by Gasteiger charge is 2.14. The lowest BCUT2D eigenvalue weighted by molar-refractivity contribution is 0.0696. The molecule has 0 aliphatic carbocycles. The van der Waals surface area contributed by atoms with Crippen LogP contribution in [0.15, 0.2) is 6.07 Å². The molecule has 0 saturated heterocycles. The number of hydrogen-bond donors (Lipinski definition) is 1. The molecule has 13 heavy (non-hydrogen) atoms. The summed E-state index contributed by atoms with van der Waals surface area (Å²) in [4.78, 5) is 14.2. The first-order valence-corrected chi connectivity index (χ1v) is 3.74. The molecule has 0 unspecified atom stereocenters. The predicted molar refractivity (Wildman–Crippen MR) is 45.7 cm³/mol. The largest absolute Gasteiger partial charge is 0.478 e. The van der Waals surface area contributed by atoms with E-state index in [0.29, 0.717) is 5.56 Å². The Labute approximate surface area is 79.4 Å². The number of carboxylic acid groups (broad SMARTS) is 1. The molecule has 0 aliphatic rings. The SMILES string of the molecule is Cc1cc(C#N)nc(Cl)c1C(=O)O. The van der Waals surface area contributed by atoms with Crippen LogP contribution in [0.2, 0.25) is 5.15 Å². The van der Waals surface area contributed by atoms with E-state index in [-0.39, 0.29) is 16.4 Å². The molecule has 0 saturated carbocycles. The van der Waals surface area contributed by atoms with E-state index in [1.54, 1.807) is 13.0 Å². The zero-order valence-electron chi connectivity index (χ0n) is 6.71. The normalized spacial score (nSPS) is 9.31. The molecule has 0 amide bonds. The molecule has 1 aromatic heterocycles. The van der Waals surface area contributed by atoms with Gasteiger partial charge >= 0.3 is 5.97 Å². The van der Waals surface area contributed by atoms with Crippen molar-refractivity contribution in [2.45, 2.75) is 6.92 Å². The molecule has 66 valence electrons. The molecule has 1 heterocycles. The van der Waals surface area contributed by atoms with Gasteiger partial charge in [0.05, 0.1) is 5.56 Å². The maximum atomic E-state index is 10.6. The topological polar surface area (TPSA) is 74.0 Å². The van der Waals surface area contributed by atoms with Crippen molar-refractivity contribution in [2.24, 2.45) is 0 Å². The number of carbonyl (C=O) groups is 1. The van der Waals surface area contributed by atoms with E-state index in [1.807, 2.05) is 0 Å². The summed E-state index contributed by atoms with van der Waals surface area (Å²) in [6, 6.07) is 3.17. The summed E-state index contributed by atoms with van der Waals surface area (Å²) in [5.41, 5.74) is 0.497. The maximum Gasteiger partial charge on any atom is 0.339 e. The van der Waals surface area contributed by atoms with E-state index in [4.69, 9.17) is 22.0 Å². The minimum atomic E-state index is -1.14. The van der Waals surface area contributed by atoms with E-state index >= 15 is 0 Å². The van der Waals surface area contributed by atoms with Crippen LogP contribution in [0.25, 0.3) is 0 Å². The minimum absolute atomic E-state index is 0.0549. The molecule has 4 nitrogen and oxygen atoms in total. The fourth-order valence-electron chi connectivity index (χ4n) is 0.948. The van der Waals surface area contributed by atoms with Crippen LogP contribution in [-0.2, 0) is 0 Å². The first kappa shape index (κ1) is 9.49. The number of rotatable bonds is 1. The quantitative estimate of drug-likeness (QED) is 0.693. The van der Waals surface area contributed by atoms with Crippen LogP contribution in [0.5, 0.6) is 0 Å². The molecule has 5 heteroatoms. The second-order valence-electron chi connectivity index (χ2n) is 2.41. The Morgan fingerprint density at radius 1 is 1.77 bits per heavy atom. The third-order valence-electron chi connectivity index (χ3n) is 1.50. The van der Waals surface area contributed by atoms with Gasteiger partial charge in [0.2, 0.25) is 0 Å². The van der Waals surface area contributed by atoms with Gasteiger partial charge in [0.15, 0.2) is 0 Å². The average Bonchev–Trinajstić information content (AvgIpc) is 2.02. The van der Waals surface area contributed by atoms with Crippen molar-refractivity contribution in [3.8, 4) is 6.07 Å². The van der Waals surface area contributed by atoms with Crippen molar-refractivity contribution in [1.29, 1.82) is 5.26 Å². The molecule has 1 N–H and O–H groups in total. The second kappa shape index (κ2) is 3.42. The highest BCUT2D eigenvalue weighted by Crippen LogP contribution is 2.18. The molecule has 0 bridgehead atoms. The van der Waals surface area contributed by atoms with Crippen molar-refractivity contribution in [3.05, 3.63) is 28.0 Å². The highest BCUT2D eigenvalue weighted by molar-refractivity contribution is 6.32. The van der Waals surface area contributed by atoms with Gasteiger partial charge < -0.3 is 5.11 Å². The van der Waals surface area contributed by atoms with Gasteiger partial charge in [-0.05, 0) is 18.6 Å². The number of aromatic carboxylic acids is 1. The van der Waals surface area contributed by atoms with Gasteiger partial charge in [-0.25, -0.2) is 9.78 Å². The van der Waals surface area contributed by atoms with Gasteiger partial charge in [-0.15, -0.1) is 0 Å². The van der Waals surface area contributed by atoms with Crippen molar-refractivity contribution in [3.63, 3.8) is 0 Å². The monoisotopic (exact) mass is 196 g/mol. The Hall–Kier alpha value is -1.60. The van der Waals surface area contributed by atoms with Crippen LogP contribution in [0, 0.1) is 18.3 Å². The number of nitrogens with zero attached hydrogens (tertiary/aromatic N) is 2. The molecular weight excluding hydrogens is 192 g/mol. The van der Waals surface area contributed by atoms with Crippen LogP contribution < -0.4 is 0 Å². The summed E-state index contributed by atoms with van der Waals surface area (Å²) >= 11 is 5.57. The molecular formula is C8H5ClN2O2. The van der Waals surface area contributed by atoms with Crippen LogP contribution in [0.1, 0.15) is 21.6 Å². The third-order valence-corrected chi connectivity index (χ3v) is 1.77. The molecule has 0 spiro atoms. The first-order chi connectivity index (χ1) is 6.06. The van der Waals surface area contributed by atoms with Gasteiger partial charge in [0.1, 0.15) is 16.9 Å². The Morgan fingerprint density at radius 3 is 2.77 bits per heavy atom. The molecule has 0 radical (unpaired) electrons. The van der Waals surface area contributed by atoms with Crippen molar-refractivity contribution in [2.75, 3.05) is 0 Å². The lowest BCUT2D eigenvalue weighted by atomic mass is 10.1. The molecule has 1 aromatic rings. The summed E-state index contributed by atoms with van der Waals surface area (Å²) < 4.78 is 0. The lowest BCUT2D eigenvalue weighted by Gasteiger charge is -2.01. The van der Waals surface area contributed by atoms with E-state index in [0.717, 1.165) is 0 Å². The van der Waals surface area contributed by atoms with Crippen LogP contribution in [0.3, 0.4) is 0 Å². The van der Waals surface area contributed by atoms with Crippen LogP contribution in [0.4, 0.5) is 0 Å². The van der Waals surface area contributed by atoms with E-state index < -0.39 is 5.97 Å². The number of aromatic nitrogens is 1. The molecule has 1 rings (SSSR count). The molecule has 0 aliphatic heterocycles. The van der Waals surface area contributed by atoms with Crippen LogP contribution >= 0.6 is 11.6 Å². The standard InChI is InChI=1S/C8H5ClN2O2/c1-4-2-5(3-10)11-7(9)6(4)8(12)13/h2H,1H3,(H,12,13). The number of pyridine rings is 1. The van der Waals surface area contributed by atoms with Crippen molar-refractivity contribution in [1.82, 2.24) is 4.98 Å². The summed E-state index contributed by atoms with van der Waals surface area (Å²) in [5.74, 6) is -1.14. The summed E-state index contributed by atoms with van der Waals surface area (Å²) in [6.45, 7) is 1.57. The second-order valence-corrected chi connectivity index (χ2v) is 2.77. The predicted octanol–water partition coefficient (Wildman–Crippen LogP) is 1.61. The number of hydrogen-bond acceptors (Lipinski definition) is 3. The number of nitriles is 1. The molecule has 0 aromatic carbocycles. The van der Waals surface area contributed by atoms with Gasteiger partial charge in [0, 0.05) is 0 Å². The van der Waals surface area contributed by atoms with Crippen LogP contribution in [-0.4, -0.2) is 16.1 Å². The van der Waals surface area contributed by atoms with Gasteiger partial charge in [0.25, 0.3) is 0 Å². The zero-order valence-corrected chi connectivity index (χ0v) is 7.46. The third kappa shape index (κ3) is 1.76. The van der Waals surface area contributed by atoms with Gasteiger partial charge in [-0.1, -0.05) is 11.6 Å². The summed E-state index contributed by atoms with van der Waals surface area (Å²) in [6.07, 6.45) is 0. The zero-order chi connectivity index (χ0) is 10.0. The van der Waals surface area contributed by atoms with Gasteiger partial charge in [-0.3, -0.25) is 0 Å². The van der Waals surface area contributed by atoms with Crippen molar-refractivity contribution >= 4 is 17.6 Å². The van der Waals surface area contributed by atoms with Gasteiger partial charge in [-0.2, -0.15) is 5.26 Å². The first-order valence-electron chi connectivity index (χ1n) is 3.36. The Kier molecular flexibility index (Phi) is 2.49.